The van der Waals surface area contributed by atoms with Crippen molar-refractivity contribution >= 4 is 17.5 Å². The maximum atomic E-state index is 5.98. The summed E-state index contributed by atoms with van der Waals surface area (Å²) < 4.78 is 5.76. The van der Waals surface area contributed by atoms with E-state index in [-0.39, 0.29) is 5.28 Å². The number of aromatic nitrogens is 3. The van der Waals surface area contributed by atoms with Crippen LogP contribution in [-0.2, 0) is 0 Å². The Morgan fingerprint density at radius 1 is 1.24 bits per heavy atom. The first-order valence-electron chi connectivity index (χ1n) is 7.63. The smallest absolute Gasteiger partial charge is 0.322 e. The number of halogens is 1. The fourth-order valence-electron chi connectivity index (χ4n) is 2.56. The number of anilines is 1. The van der Waals surface area contributed by atoms with E-state index in [0.717, 1.165) is 26.1 Å². The predicted octanol–water partition coefficient (Wildman–Crippen LogP) is 2.23. The second kappa shape index (κ2) is 7.75. The van der Waals surface area contributed by atoms with Crippen LogP contribution in [0.15, 0.2) is 0 Å². The van der Waals surface area contributed by atoms with Crippen LogP contribution in [0.2, 0.25) is 5.28 Å². The molecule has 0 aromatic carbocycles. The van der Waals surface area contributed by atoms with E-state index in [9.17, 15) is 0 Å². The lowest BCUT2D eigenvalue weighted by molar-refractivity contribution is 0.119. The minimum atomic E-state index is 0.180. The number of ether oxygens (including phenoxy) is 1. The van der Waals surface area contributed by atoms with E-state index in [4.69, 9.17) is 16.3 Å². The number of nitrogens with zero attached hydrogens (tertiary/aromatic N) is 5. The van der Waals surface area contributed by atoms with Crippen LogP contribution in [0.4, 0.5) is 5.95 Å². The SMILES string of the molecule is CCN(CC)c1nc(Cl)nc(OCC2CCCCN2C)n1. The number of hydrogen-bond acceptors (Lipinski definition) is 6. The third kappa shape index (κ3) is 4.41. The highest BCUT2D eigenvalue weighted by Crippen LogP contribution is 2.18. The number of likely N-dealkylation sites (tertiary alicyclic amines) is 1. The van der Waals surface area contributed by atoms with Crippen molar-refractivity contribution in [2.75, 3.05) is 38.2 Å². The van der Waals surface area contributed by atoms with Crippen LogP contribution in [-0.4, -0.2) is 59.2 Å². The topological polar surface area (TPSA) is 54.4 Å². The maximum Gasteiger partial charge on any atom is 0.322 e. The molecular weight excluding hydrogens is 290 g/mol. The highest BCUT2D eigenvalue weighted by molar-refractivity contribution is 6.28. The normalized spacial score (nSPS) is 19.5. The fourth-order valence-corrected chi connectivity index (χ4v) is 2.71. The molecule has 1 aromatic rings. The number of likely N-dealkylation sites (N-methyl/N-ethyl adjacent to an activating group) is 1. The lowest BCUT2D eigenvalue weighted by atomic mass is 10.0. The second-order valence-electron chi connectivity index (χ2n) is 5.30. The standard InChI is InChI=1S/C14H24ClN5O/c1-4-20(5-2)13-16-12(15)17-14(18-13)21-10-11-8-6-7-9-19(11)3/h11H,4-10H2,1-3H3. The van der Waals surface area contributed by atoms with E-state index in [1.165, 1.54) is 12.8 Å². The van der Waals surface area contributed by atoms with Gasteiger partial charge in [-0.1, -0.05) is 6.42 Å². The van der Waals surface area contributed by atoms with Crippen LogP contribution >= 0.6 is 11.6 Å². The van der Waals surface area contributed by atoms with Crippen molar-refractivity contribution in [3.8, 4) is 6.01 Å². The van der Waals surface area contributed by atoms with E-state index in [1.54, 1.807) is 0 Å². The van der Waals surface area contributed by atoms with Gasteiger partial charge in [0.1, 0.15) is 6.61 Å². The van der Waals surface area contributed by atoms with Gasteiger partial charge in [0.25, 0.3) is 0 Å². The molecule has 0 bridgehead atoms. The van der Waals surface area contributed by atoms with Gasteiger partial charge in [-0.25, -0.2) is 0 Å². The molecule has 1 fully saturated rings. The van der Waals surface area contributed by atoms with Crippen LogP contribution < -0.4 is 9.64 Å². The minimum absolute atomic E-state index is 0.180. The van der Waals surface area contributed by atoms with Crippen molar-refractivity contribution in [3.63, 3.8) is 0 Å². The molecule has 7 heteroatoms. The lowest BCUT2D eigenvalue weighted by Crippen LogP contribution is -2.40. The molecule has 2 heterocycles. The van der Waals surface area contributed by atoms with Crippen molar-refractivity contribution in [1.29, 1.82) is 0 Å². The predicted molar refractivity (Wildman–Crippen MR) is 84.2 cm³/mol. The van der Waals surface area contributed by atoms with Crippen molar-refractivity contribution in [2.45, 2.75) is 39.2 Å². The van der Waals surface area contributed by atoms with Gasteiger partial charge in [0.15, 0.2) is 0 Å². The van der Waals surface area contributed by atoms with Crippen molar-refractivity contribution in [1.82, 2.24) is 19.9 Å². The van der Waals surface area contributed by atoms with Crippen molar-refractivity contribution < 1.29 is 4.74 Å². The summed E-state index contributed by atoms with van der Waals surface area (Å²) in [5.41, 5.74) is 0. The Kier molecular flexibility index (Phi) is 5.99. The van der Waals surface area contributed by atoms with Gasteiger partial charge in [0, 0.05) is 19.1 Å². The molecule has 0 saturated carbocycles. The third-order valence-corrected chi connectivity index (χ3v) is 4.12. The Balaban J connectivity index is 2.02. The summed E-state index contributed by atoms with van der Waals surface area (Å²) in [5.74, 6) is 0.576. The van der Waals surface area contributed by atoms with Gasteiger partial charge < -0.3 is 14.5 Å². The van der Waals surface area contributed by atoms with Crippen molar-refractivity contribution in [3.05, 3.63) is 5.28 Å². The molecule has 0 spiro atoms. The summed E-state index contributed by atoms with van der Waals surface area (Å²) in [6.07, 6.45) is 3.66. The van der Waals surface area contributed by atoms with E-state index in [0.29, 0.717) is 24.6 Å². The van der Waals surface area contributed by atoms with E-state index < -0.39 is 0 Å². The van der Waals surface area contributed by atoms with Gasteiger partial charge >= 0.3 is 6.01 Å². The molecule has 6 nitrogen and oxygen atoms in total. The van der Waals surface area contributed by atoms with Crippen LogP contribution in [0.5, 0.6) is 6.01 Å². The summed E-state index contributed by atoms with van der Waals surface area (Å²) in [4.78, 5) is 16.9. The van der Waals surface area contributed by atoms with Crippen LogP contribution in [0.25, 0.3) is 0 Å². The molecule has 0 N–H and O–H groups in total. The van der Waals surface area contributed by atoms with Crippen LogP contribution in [0.3, 0.4) is 0 Å². The molecular formula is C14H24ClN5O. The summed E-state index contributed by atoms with van der Waals surface area (Å²) >= 11 is 5.98. The van der Waals surface area contributed by atoms with Crippen molar-refractivity contribution in [2.24, 2.45) is 0 Å². The summed E-state index contributed by atoms with van der Waals surface area (Å²) in [5, 5.41) is 0.180. The third-order valence-electron chi connectivity index (χ3n) is 3.95. The molecule has 1 aromatic heterocycles. The summed E-state index contributed by atoms with van der Waals surface area (Å²) in [6, 6.07) is 0.738. The molecule has 1 aliphatic rings. The zero-order valence-electron chi connectivity index (χ0n) is 13.0. The number of rotatable bonds is 6. The Bertz CT molecular complexity index is 455. The van der Waals surface area contributed by atoms with Gasteiger partial charge in [-0.05, 0) is 51.9 Å². The fraction of sp³-hybridized carbons (Fsp3) is 0.786. The highest BCUT2D eigenvalue weighted by atomic mass is 35.5. The van der Waals surface area contributed by atoms with Gasteiger partial charge in [0.2, 0.25) is 11.2 Å². The molecule has 21 heavy (non-hydrogen) atoms. The molecule has 0 amide bonds. The quantitative estimate of drug-likeness (QED) is 0.803. The summed E-state index contributed by atoms with van der Waals surface area (Å²) in [6.45, 7) is 7.46. The number of hydrogen-bond donors (Lipinski definition) is 0. The van der Waals surface area contributed by atoms with E-state index in [2.05, 4.69) is 40.7 Å². The van der Waals surface area contributed by atoms with Gasteiger partial charge in [0.05, 0.1) is 0 Å². The van der Waals surface area contributed by atoms with E-state index >= 15 is 0 Å². The van der Waals surface area contributed by atoms with Gasteiger partial charge in [-0.15, -0.1) is 0 Å². The average molecular weight is 314 g/mol. The molecule has 1 atom stereocenters. The van der Waals surface area contributed by atoms with Gasteiger partial charge in [-0.2, -0.15) is 15.0 Å². The zero-order chi connectivity index (χ0) is 15.2. The van der Waals surface area contributed by atoms with Gasteiger partial charge in [-0.3, -0.25) is 0 Å². The first-order chi connectivity index (χ1) is 10.1. The molecule has 118 valence electrons. The lowest BCUT2D eigenvalue weighted by Gasteiger charge is -2.31. The maximum absolute atomic E-state index is 5.98. The Hall–Kier alpha value is -1.14. The van der Waals surface area contributed by atoms with Crippen LogP contribution in [0, 0.1) is 0 Å². The molecule has 2 rings (SSSR count). The molecule has 1 saturated heterocycles. The Morgan fingerprint density at radius 3 is 2.67 bits per heavy atom. The minimum Gasteiger partial charge on any atom is -0.462 e. The first-order valence-corrected chi connectivity index (χ1v) is 8.01. The molecule has 1 unspecified atom stereocenters. The number of piperidine rings is 1. The molecule has 1 aliphatic heterocycles. The first kappa shape index (κ1) is 16.2. The zero-order valence-corrected chi connectivity index (χ0v) is 13.8. The molecule has 0 aliphatic carbocycles. The van der Waals surface area contributed by atoms with E-state index in [1.807, 2.05) is 4.90 Å². The largest absolute Gasteiger partial charge is 0.462 e. The highest BCUT2D eigenvalue weighted by Gasteiger charge is 2.20. The van der Waals surface area contributed by atoms with Crippen LogP contribution in [0.1, 0.15) is 33.1 Å². The Morgan fingerprint density at radius 2 is 2.00 bits per heavy atom. The Labute approximate surface area is 131 Å². The summed E-state index contributed by atoms with van der Waals surface area (Å²) in [7, 11) is 2.13. The second-order valence-corrected chi connectivity index (χ2v) is 5.64. The molecule has 0 radical (unpaired) electrons. The monoisotopic (exact) mass is 313 g/mol. The average Bonchev–Trinajstić information content (AvgIpc) is 2.47.